The number of rotatable bonds is 1. The number of aromatic nitrogens is 1. The molecule has 3 nitrogen and oxygen atoms in total. The molecule has 0 atom stereocenters. The van der Waals surface area contributed by atoms with Gasteiger partial charge in [0.15, 0.2) is 0 Å². The highest BCUT2D eigenvalue weighted by Crippen LogP contribution is 2.26. The van der Waals surface area contributed by atoms with Gasteiger partial charge in [-0.2, -0.15) is 0 Å². The van der Waals surface area contributed by atoms with Crippen molar-refractivity contribution in [2.24, 2.45) is 5.84 Å². The summed E-state index contributed by atoms with van der Waals surface area (Å²) in [4.78, 5) is 4.11. The zero-order chi connectivity index (χ0) is 9.26. The number of hydrogen-bond donors (Lipinski definition) is 2. The number of pyridine rings is 1. The van der Waals surface area contributed by atoms with Gasteiger partial charge < -0.3 is 5.43 Å². The smallest absolute Gasteiger partial charge is 0.147 e. The zero-order valence-electron chi connectivity index (χ0n) is 6.79. The Bertz CT molecular complexity index is 442. The van der Waals surface area contributed by atoms with E-state index in [-0.39, 0.29) is 0 Å². The first kappa shape index (κ1) is 8.47. The number of nitrogens with zero attached hydrogens (tertiary/aromatic N) is 1. The minimum atomic E-state index is 0.693. The van der Waals surface area contributed by atoms with Crippen molar-refractivity contribution in [3.05, 3.63) is 34.9 Å². The van der Waals surface area contributed by atoms with Gasteiger partial charge in [0.1, 0.15) is 5.82 Å². The minimum Gasteiger partial charge on any atom is -0.308 e. The van der Waals surface area contributed by atoms with Crippen molar-refractivity contribution in [2.75, 3.05) is 5.43 Å². The molecule has 0 saturated heterocycles. The first-order valence-electron chi connectivity index (χ1n) is 3.83. The molecule has 13 heavy (non-hydrogen) atoms. The Balaban J connectivity index is 2.84. The van der Waals surface area contributed by atoms with Gasteiger partial charge in [-0.15, -0.1) is 0 Å². The van der Waals surface area contributed by atoms with Gasteiger partial charge in [-0.25, -0.2) is 10.8 Å². The molecule has 1 heterocycles. The predicted octanol–water partition coefficient (Wildman–Crippen LogP) is 2.28. The molecule has 1 aromatic carbocycles. The molecular formula is C9H8BrN3. The summed E-state index contributed by atoms with van der Waals surface area (Å²) in [6, 6.07) is 7.86. The maximum atomic E-state index is 5.34. The van der Waals surface area contributed by atoms with E-state index >= 15 is 0 Å². The SMILES string of the molecule is NNc1nccc2c(Br)cccc12. The van der Waals surface area contributed by atoms with Crippen LogP contribution in [-0.4, -0.2) is 4.98 Å². The molecule has 0 aliphatic heterocycles. The molecule has 3 N–H and O–H groups in total. The number of nitrogens with two attached hydrogens (primary N) is 1. The fraction of sp³-hybridized carbons (Fsp3) is 0. The molecular weight excluding hydrogens is 230 g/mol. The van der Waals surface area contributed by atoms with E-state index in [0.717, 1.165) is 15.2 Å². The van der Waals surface area contributed by atoms with Crippen molar-refractivity contribution in [1.82, 2.24) is 4.98 Å². The maximum absolute atomic E-state index is 5.34. The van der Waals surface area contributed by atoms with Gasteiger partial charge >= 0.3 is 0 Å². The first-order chi connectivity index (χ1) is 6.33. The van der Waals surface area contributed by atoms with Gasteiger partial charge in [-0.05, 0) is 12.1 Å². The topological polar surface area (TPSA) is 50.9 Å². The number of halogens is 1. The number of nitrogens with one attached hydrogen (secondary N) is 1. The van der Waals surface area contributed by atoms with E-state index in [4.69, 9.17) is 5.84 Å². The molecule has 0 saturated carbocycles. The Hall–Kier alpha value is -1.13. The quantitative estimate of drug-likeness (QED) is 0.591. The van der Waals surface area contributed by atoms with Crippen molar-refractivity contribution in [2.45, 2.75) is 0 Å². The molecule has 0 spiro atoms. The zero-order valence-corrected chi connectivity index (χ0v) is 8.38. The van der Waals surface area contributed by atoms with Gasteiger partial charge in [0.05, 0.1) is 0 Å². The maximum Gasteiger partial charge on any atom is 0.147 e. The summed E-state index contributed by atoms with van der Waals surface area (Å²) in [6.45, 7) is 0. The average molecular weight is 238 g/mol. The lowest BCUT2D eigenvalue weighted by Crippen LogP contribution is -2.08. The number of hydrazine groups is 1. The van der Waals surface area contributed by atoms with Crippen molar-refractivity contribution in [1.29, 1.82) is 0 Å². The van der Waals surface area contributed by atoms with Crippen LogP contribution in [0, 0.1) is 0 Å². The number of hydrogen-bond acceptors (Lipinski definition) is 3. The van der Waals surface area contributed by atoms with Crippen LogP contribution in [0.3, 0.4) is 0 Å². The van der Waals surface area contributed by atoms with Crippen LogP contribution in [0.15, 0.2) is 34.9 Å². The van der Waals surface area contributed by atoms with Gasteiger partial charge in [0.25, 0.3) is 0 Å². The molecule has 2 rings (SSSR count). The second-order valence-corrected chi connectivity index (χ2v) is 3.49. The lowest BCUT2D eigenvalue weighted by atomic mass is 10.2. The van der Waals surface area contributed by atoms with E-state index in [9.17, 15) is 0 Å². The third kappa shape index (κ3) is 1.38. The van der Waals surface area contributed by atoms with Crippen LogP contribution in [-0.2, 0) is 0 Å². The summed E-state index contributed by atoms with van der Waals surface area (Å²) in [5.41, 5.74) is 2.57. The normalized spacial score (nSPS) is 10.3. The van der Waals surface area contributed by atoms with E-state index < -0.39 is 0 Å². The molecule has 0 fully saturated rings. The Morgan fingerprint density at radius 2 is 2.08 bits per heavy atom. The van der Waals surface area contributed by atoms with Crippen LogP contribution in [0.2, 0.25) is 0 Å². The third-order valence-corrected chi connectivity index (χ3v) is 2.58. The van der Waals surface area contributed by atoms with Crippen molar-refractivity contribution >= 4 is 32.5 Å². The fourth-order valence-corrected chi connectivity index (χ4v) is 1.78. The first-order valence-corrected chi connectivity index (χ1v) is 4.62. The van der Waals surface area contributed by atoms with Crippen molar-refractivity contribution < 1.29 is 0 Å². The summed E-state index contributed by atoms with van der Waals surface area (Å²) in [5.74, 6) is 6.03. The molecule has 0 radical (unpaired) electrons. The van der Waals surface area contributed by atoms with Crippen molar-refractivity contribution in [3.63, 3.8) is 0 Å². The number of nitrogen functional groups attached to an aromatic ring is 1. The average Bonchev–Trinajstić information content (AvgIpc) is 2.18. The number of fused-ring (bicyclic) bond motifs is 1. The number of benzene rings is 1. The van der Waals surface area contributed by atoms with Crippen LogP contribution in [0.25, 0.3) is 10.8 Å². The number of anilines is 1. The third-order valence-electron chi connectivity index (χ3n) is 1.89. The van der Waals surface area contributed by atoms with Crippen molar-refractivity contribution in [3.8, 4) is 0 Å². The Labute approximate surface area is 84.1 Å². The summed E-state index contributed by atoms with van der Waals surface area (Å²) in [5, 5.41) is 2.12. The molecule has 0 aliphatic carbocycles. The summed E-state index contributed by atoms with van der Waals surface area (Å²) >= 11 is 3.46. The second-order valence-electron chi connectivity index (χ2n) is 2.64. The molecule has 1 aromatic heterocycles. The molecule has 0 amide bonds. The summed E-state index contributed by atoms with van der Waals surface area (Å²) in [7, 11) is 0. The lowest BCUT2D eigenvalue weighted by molar-refractivity contribution is 1.25. The Morgan fingerprint density at radius 1 is 1.23 bits per heavy atom. The molecule has 4 heteroatoms. The van der Waals surface area contributed by atoms with E-state index in [2.05, 4.69) is 26.3 Å². The summed E-state index contributed by atoms with van der Waals surface area (Å²) < 4.78 is 1.05. The van der Waals surface area contributed by atoms with E-state index in [1.54, 1.807) is 6.20 Å². The van der Waals surface area contributed by atoms with Crippen LogP contribution >= 0.6 is 15.9 Å². The predicted molar refractivity (Wildman–Crippen MR) is 57.3 cm³/mol. The van der Waals surface area contributed by atoms with Crippen LogP contribution in [0.5, 0.6) is 0 Å². The second kappa shape index (κ2) is 3.32. The monoisotopic (exact) mass is 237 g/mol. The Morgan fingerprint density at radius 3 is 2.85 bits per heavy atom. The van der Waals surface area contributed by atoms with Gasteiger partial charge in [0, 0.05) is 21.4 Å². The lowest BCUT2D eigenvalue weighted by Gasteiger charge is -2.04. The van der Waals surface area contributed by atoms with Crippen LogP contribution in [0.4, 0.5) is 5.82 Å². The highest BCUT2D eigenvalue weighted by Gasteiger charge is 2.01. The highest BCUT2D eigenvalue weighted by molar-refractivity contribution is 9.10. The van der Waals surface area contributed by atoms with E-state index in [1.807, 2.05) is 24.3 Å². The molecule has 0 bridgehead atoms. The van der Waals surface area contributed by atoms with Crippen LogP contribution < -0.4 is 11.3 Å². The highest BCUT2D eigenvalue weighted by atomic mass is 79.9. The van der Waals surface area contributed by atoms with E-state index in [0.29, 0.717) is 5.82 Å². The van der Waals surface area contributed by atoms with Gasteiger partial charge in [-0.1, -0.05) is 28.1 Å². The summed E-state index contributed by atoms with van der Waals surface area (Å²) in [6.07, 6.45) is 1.72. The molecule has 2 aromatic rings. The Kier molecular flexibility index (Phi) is 2.16. The largest absolute Gasteiger partial charge is 0.308 e. The van der Waals surface area contributed by atoms with Crippen LogP contribution in [0.1, 0.15) is 0 Å². The molecule has 66 valence electrons. The standard InChI is InChI=1S/C9H8BrN3/c10-8-3-1-2-7-6(8)4-5-12-9(7)13-11/h1-5H,11H2,(H,12,13). The fourth-order valence-electron chi connectivity index (χ4n) is 1.28. The minimum absolute atomic E-state index is 0.693. The molecule has 0 unspecified atom stereocenters. The van der Waals surface area contributed by atoms with E-state index in [1.165, 1.54) is 0 Å². The molecule has 0 aliphatic rings. The van der Waals surface area contributed by atoms with Gasteiger partial charge in [-0.3, -0.25) is 0 Å². The van der Waals surface area contributed by atoms with Gasteiger partial charge in [0.2, 0.25) is 0 Å².